The van der Waals surface area contributed by atoms with Crippen molar-refractivity contribution >= 4 is 43.3 Å². The van der Waals surface area contributed by atoms with Gasteiger partial charge in [-0.25, -0.2) is 9.59 Å². The number of Topliss-reactive ketones (excluding diaryl/α,β-unsaturated/α-hetero) is 1. The number of thiophene rings is 1. The third kappa shape index (κ3) is 6.70. The minimum atomic E-state index is -0.637. The van der Waals surface area contributed by atoms with Crippen molar-refractivity contribution in [3.8, 4) is 28.3 Å². The van der Waals surface area contributed by atoms with Crippen LogP contribution in [0.15, 0.2) is 96.2 Å². The molecule has 0 bridgehead atoms. The average Bonchev–Trinajstić information content (AvgIpc) is 3.68. The van der Waals surface area contributed by atoms with E-state index in [0.29, 0.717) is 43.8 Å². The molecule has 0 aliphatic rings. The Kier molecular flexibility index (Phi) is 10.4. The number of ketones is 1. The molecule has 0 aliphatic heterocycles. The molecular weight excluding hydrogens is 687 g/mol. The van der Waals surface area contributed by atoms with E-state index in [1.54, 1.807) is 28.8 Å². The summed E-state index contributed by atoms with van der Waals surface area (Å²) >= 11 is 4.79. The molecule has 0 unspecified atom stereocenters. The van der Waals surface area contributed by atoms with Gasteiger partial charge in [0.2, 0.25) is 0 Å². The molecule has 6 rings (SSSR count). The van der Waals surface area contributed by atoms with Gasteiger partial charge in [-0.15, -0.1) is 11.3 Å². The van der Waals surface area contributed by atoms with E-state index >= 15 is 0 Å². The molecule has 0 saturated heterocycles. The van der Waals surface area contributed by atoms with Crippen molar-refractivity contribution in [2.45, 2.75) is 26.4 Å². The predicted octanol–water partition coefficient (Wildman–Crippen LogP) is 2.62. The minimum Gasteiger partial charge on any atom is -1.00 e. The Bertz CT molecular complexity index is 2220. The Labute approximate surface area is 312 Å². The number of carbonyl (C=O) groups excluding carboxylic acids is 1. The zero-order valence-corrected chi connectivity index (χ0v) is 30.2. The SMILES string of the molecule is CCc1cc2c(=O)n(CC(=O)c3ccc(OC)c(Br)c3)c(=O)n(Cc3ccc(-c4ccccc4-c4noc(=O)[nH]4)cc3)c2s1.[H-].[K+]. The number of aromatic amines is 1. The molecule has 10 nitrogen and oxygen atoms in total. The number of halogens is 1. The van der Waals surface area contributed by atoms with Crippen molar-refractivity contribution in [3.63, 3.8) is 0 Å². The Hall–Kier alpha value is -3.17. The first-order chi connectivity index (χ1) is 21.3. The summed E-state index contributed by atoms with van der Waals surface area (Å²) < 4.78 is 13.1. The summed E-state index contributed by atoms with van der Waals surface area (Å²) in [5.41, 5.74) is 2.54. The molecule has 3 aromatic carbocycles. The van der Waals surface area contributed by atoms with Crippen LogP contribution >= 0.6 is 27.3 Å². The van der Waals surface area contributed by atoms with Gasteiger partial charge >= 0.3 is 62.8 Å². The number of H-pyrrole nitrogens is 1. The van der Waals surface area contributed by atoms with Crippen LogP contribution in [0.1, 0.15) is 29.1 Å². The van der Waals surface area contributed by atoms with Crippen LogP contribution < -0.4 is 73.1 Å². The quantitative estimate of drug-likeness (QED) is 0.180. The zero-order valence-electron chi connectivity index (χ0n) is 25.6. The van der Waals surface area contributed by atoms with Crippen LogP contribution in [0, 0.1) is 0 Å². The first kappa shape index (κ1) is 33.2. The van der Waals surface area contributed by atoms with Gasteiger partial charge in [0.15, 0.2) is 11.6 Å². The van der Waals surface area contributed by atoms with Crippen LogP contribution in [0.4, 0.5) is 0 Å². The molecule has 6 aromatic rings. The number of ether oxygens (including phenoxy) is 1. The van der Waals surface area contributed by atoms with Crippen molar-refractivity contribution in [2.75, 3.05) is 7.11 Å². The molecule has 0 radical (unpaired) electrons. The van der Waals surface area contributed by atoms with E-state index in [1.165, 1.54) is 18.4 Å². The Morgan fingerprint density at radius 1 is 1.02 bits per heavy atom. The van der Waals surface area contributed by atoms with Crippen LogP contribution in [0.3, 0.4) is 0 Å². The number of carbonyl (C=O) groups is 1. The van der Waals surface area contributed by atoms with Gasteiger partial charge in [-0.1, -0.05) is 60.6 Å². The van der Waals surface area contributed by atoms with Crippen LogP contribution in [0.5, 0.6) is 5.75 Å². The second-order valence-electron chi connectivity index (χ2n) is 10.0. The fourth-order valence-corrected chi connectivity index (χ4v) is 6.66. The van der Waals surface area contributed by atoms with E-state index in [-0.39, 0.29) is 65.1 Å². The third-order valence-electron chi connectivity index (χ3n) is 7.30. The van der Waals surface area contributed by atoms with Crippen molar-refractivity contribution in [3.05, 3.63) is 125 Å². The summed E-state index contributed by atoms with van der Waals surface area (Å²) in [6.45, 7) is 1.78. The number of aryl methyl sites for hydroxylation is 1. The maximum Gasteiger partial charge on any atom is 1.00 e. The topological polar surface area (TPSA) is 129 Å². The number of fused-ring (bicyclic) bond motifs is 1. The van der Waals surface area contributed by atoms with Gasteiger partial charge in [-0.3, -0.25) is 28.2 Å². The van der Waals surface area contributed by atoms with Crippen molar-refractivity contribution in [1.29, 1.82) is 0 Å². The molecule has 0 fully saturated rings. The number of hydrogen-bond acceptors (Lipinski definition) is 8. The summed E-state index contributed by atoms with van der Waals surface area (Å²) in [5, 5.41) is 4.23. The number of nitrogens with one attached hydrogen (secondary N) is 1. The fraction of sp³-hybridized carbons (Fsp3) is 0.156. The Morgan fingerprint density at radius 2 is 1.76 bits per heavy atom. The second kappa shape index (κ2) is 14.1. The largest absolute Gasteiger partial charge is 1.00 e. The van der Waals surface area contributed by atoms with Crippen molar-refractivity contribution < 1.29 is 66.9 Å². The van der Waals surface area contributed by atoms with Crippen LogP contribution in [-0.2, 0) is 19.5 Å². The van der Waals surface area contributed by atoms with Crippen LogP contribution in [0.25, 0.3) is 32.7 Å². The standard InChI is InChI=1S/C32H25BrN4O6S.K.H/c1-3-21-15-24-29(39)36(17-26(38)20-12-13-27(42-2)25(33)14-20)32(41)37(30(24)44-21)16-18-8-10-19(11-9-18)22-6-4-5-7-23(22)28-34-31(40)43-35-28;;/h4-15H,3,16-17H2,1-2H3,(H,34,35,40);;/q;+1;-1. The van der Waals surface area contributed by atoms with E-state index < -0.39 is 23.5 Å². The molecule has 45 heavy (non-hydrogen) atoms. The normalized spacial score (nSPS) is 11.0. The number of methoxy groups -OCH3 is 1. The summed E-state index contributed by atoms with van der Waals surface area (Å²) in [4.78, 5) is 56.2. The molecule has 0 aliphatic carbocycles. The van der Waals surface area contributed by atoms with E-state index in [2.05, 4.69) is 30.6 Å². The molecule has 3 aromatic heterocycles. The molecule has 1 N–H and O–H groups in total. The van der Waals surface area contributed by atoms with Gasteiger partial charge in [0.05, 0.1) is 30.1 Å². The molecule has 224 valence electrons. The summed E-state index contributed by atoms with van der Waals surface area (Å²) in [5.74, 6) is -0.121. The summed E-state index contributed by atoms with van der Waals surface area (Å²) in [6, 6.07) is 21.8. The maximum atomic E-state index is 13.8. The first-order valence-electron chi connectivity index (χ1n) is 13.6. The number of nitrogens with zero attached hydrogens (tertiary/aromatic N) is 3. The number of hydrogen-bond donors (Lipinski definition) is 1. The average molecular weight is 714 g/mol. The second-order valence-corrected chi connectivity index (χ2v) is 12.0. The number of rotatable bonds is 9. The number of aromatic nitrogens is 4. The van der Waals surface area contributed by atoms with Gasteiger partial charge in [-0.05, 0) is 63.3 Å². The minimum absolute atomic E-state index is 0. The van der Waals surface area contributed by atoms with Crippen LogP contribution in [-0.4, -0.2) is 32.2 Å². The smallest absolute Gasteiger partial charge is 1.00 e. The molecule has 0 spiro atoms. The van der Waals surface area contributed by atoms with Crippen LogP contribution in [0.2, 0.25) is 0 Å². The predicted molar refractivity (Wildman–Crippen MR) is 173 cm³/mol. The summed E-state index contributed by atoms with van der Waals surface area (Å²) in [6.07, 6.45) is 0.705. The Morgan fingerprint density at radius 3 is 2.40 bits per heavy atom. The van der Waals surface area contributed by atoms with E-state index in [4.69, 9.17) is 4.74 Å². The fourth-order valence-electron chi connectivity index (χ4n) is 5.04. The van der Waals surface area contributed by atoms with Gasteiger partial charge in [0.25, 0.3) is 5.56 Å². The molecule has 0 amide bonds. The van der Waals surface area contributed by atoms with E-state index in [1.807, 2.05) is 55.5 Å². The van der Waals surface area contributed by atoms with Gasteiger partial charge in [0.1, 0.15) is 10.6 Å². The van der Waals surface area contributed by atoms with Gasteiger partial charge in [-0.2, -0.15) is 0 Å². The van der Waals surface area contributed by atoms with Gasteiger partial charge < -0.3 is 6.16 Å². The molecule has 13 heteroatoms. The molecule has 3 heterocycles. The van der Waals surface area contributed by atoms with Crippen molar-refractivity contribution in [1.82, 2.24) is 19.3 Å². The zero-order chi connectivity index (χ0) is 31.0. The third-order valence-corrected chi connectivity index (χ3v) is 9.22. The van der Waals surface area contributed by atoms with E-state index in [9.17, 15) is 19.2 Å². The first-order valence-corrected chi connectivity index (χ1v) is 15.3. The van der Waals surface area contributed by atoms with E-state index in [0.717, 1.165) is 26.1 Å². The van der Waals surface area contributed by atoms with Gasteiger partial charge in [0, 0.05) is 16.0 Å². The maximum absolute atomic E-state index is 13.8. The monoisotopic (exact) mass is 712 g/mol. The summed E-state index contributed by atoms with van der Waals surface area (Å²) in [7, 11) is 1.53. The molecular formula is C32H26BrKN4O6S. The van der Waals surface area contributed by atoms with Crippen molar-refractivity contribution in [2.24, 2.45) is 0 Å². The molecule has 0 saturated carbocycles. The number of benzene rings is 3. The molecule has 0 atom stereocenters. The Balaban J connectivity index is 0.00000240.